The van der Waals surface area contributed by atoms with Crippen molar-refractivity contribution in [3.05, 3.63) is 0 Å². The molecule has 0 spiro atoms. The van der Waals surface area contributed by atoms with Crippen LogP contribution in [0.2, 0.25) is 0 Å². The molecule has 0 atom stereocenters. The Kier molecular flexibility index (Phi) is 4.78. The molecule has 16 heavy (non-hydrogen) atoms. The fraction of sp³-hybridized carbons (Fsp3) is 0.923. The molecule has 0 bridgehead atoms. The van der Waals surface area contributed by atoms with Gasteiger partial charge in [-0.15, -0.1) is 0 Å². The van der Waals surface area contributed by atoms with Gasteiger partial charge in [0.15, 0.2) is 0 Å². The van der Waals surface area contributed by atoms with Crippen molar-refractivity contribution in [1.29, 1.82) is 0 Å². The van der Waals surface area contributed by atoms with Gasteiger partial charge < -0.3 is 4.74 Å². The molecule has 0 aromatic carbocycles. The van der Waals surface area contributed by atoms with Crippen molar-refractivity contribution < 1.29 is 9.53 Å². The van der Waals surface area contributed by atoms with Crippen molar-refractivity contribution in [2.45, 2.75) is 65.0 Å². The lowest BCUT2D eigenvalue weighted by atomic mass is 10.2. The summed E-state index contributed by atoms with van der Waals surface area (Å²) in [6.45, 7) is 9.23. The number of likely N-dealkylation sites (N-methyl/N-ethyl adjacent to an activating group) is 1. The fourth-order valence-electron chi connectivity index (χ4n) is 2.31. The molecule has 1 saturated carbocycles. The second kappa shape index (κ2) is 5.67. The highest BCUT2D eigenvalue weighted by atomic mass is 16.6. The van der Waals surface area contributed by atoms with E-state index in [0.717, 1.165) is 6.54 Å². The smallest absolute Gasteiger partial charge is 0.320 e. The predicted octanol–water partition coefficient (Wildman–Crippen LogP) is 2.59. The number of rotatable bonds is 4. The van der Waals surface area contributed by atoms with Gasteiger partial charge >= 0.3 is 5.97 Å². The van der Waals surface area contributed by atoms with E-state index in [2.05, 4.69) is 11.8 Å². The van der Waals surface area contributed by atoms with Crippen molar-refractivity contribution in [2.75, 3.05) is 13.1 Å². The molecule has 1 rings (SSSR count). The molecule has 1 aliphatic rings. The predicted molar refractivity (Wildman–Crippen MR) is 65.3 cm³/mol. The van der Waals surface area contributed by atoms with Gasteiger partial charge in [-0.2, -0.15) is 0 Å². The summed E-state index contributed by atoms with van der Waals surface area (Å²) >= 11 is 0. The third kappa shape index (κ3) is 4.52. The first kappa shape index (κ1) is 13.5. The summed E-state index contributed by atoms with van der Waals surface area (Å²) in [4.78, 5) is 14.0. The van der Waals surface area contributed by atoms with Crippen molar-refractivity contribution in [1.82, 2.24) is 4.90 Å². The van der Waals surface area contributed by atoms with Crippen LogP contribution in [0.3, 0.4) is 0 Å². The van der Waals surface area contributed by atoms with Crippen LogP contribution in [-0.2, 0) is 9.53 Å². The Bertz CT molecular complexity index is 227. The van der Waals surface area contributed by atoms with E-state index in [1.54, 1.807) is 0 Å². The van der Waals surface area contributed by atoms with Crippen LogP contribution in [0.1, 0.15) is 53.4 Å². The fourth-order valence-corrected chi connectivity index (χ4v) is 2.31. The summed E-state index contributed by atoms with van der Waals surface area (Å²) in [7, 11) is 0. The highest BCUT2D eigenvalue weighted by Crippen LogP contribution is 2.23. The normalized spacial score (nSPS) is 18.1. The van der Waals surface area contributed by atoms with Crippen molar-refractivity contribution in [3.8, 4) is 0 Å². The van der Waals surface area contributed by atoms with E-state index in [0.29, 0.717) is 12.6 Å². The van der Waals surface area contributed by atoms with Crippen molar-refractivity contribution in [3.63, 3.8) is 0 Å². The Morgan fingerprint density at radius 2 is 1.88 bits per heavy atom. The van der Waals surface area contributed by atoms with Gasteiger partial charge in [0.25, 0.3) is 0 Å². The number of carbonyl (C=O) groups excluding carboxylic acids is 1. The first-order valence-corrected chi connectivity index (χ1v) is 6.38. The molecule has 0 amide bonds. The minimum Gasteiger partial charge on any atom is -0.459 e. The first-order chi connectivity index (χ1) is 7.42. The number of ether oxygens (including phenoxy) is 1. The lowest BCUT2D eigenvalue weighted by Crippen LogP contribution is -2.40. The zero-order chi connectivity index (χ0) is 12.2. The van der Waals surface area contributed by atoms with Crippen molar-refractivity contribution >= 4 is 5.97 Å². The molecule has 3 heteroatoms. The zero-order valence-corrected chi connectivity index (χ0v) is 11.1. The molecule has 0 heterocycles. The van der Waals surface area contributed by atoms with Crippen LogP contribution in [0.4, 0.5) is 0 Å². The van der Waals surface area contributed by atoms with Crippen LogP contribution in [0, 0.1) is 0 Å². The van der Waals surface area contributed by atoms with Crippen LogP contribution in [0.25, 0.3) is 0 Å². The van der Waals surface area contributed by atoms with Crippen LogP contribution in [-0.4, -0.2) is 35.6 Å². The van der Waals surface area contributed by atoms with Gasteiger partial charge in [-0.3, -0.25) is 9.69 Å². The van der Waals surface area contributed by atoms with E-state index in [1.807, 2.05) is 20.8 Å². The van der Waals surface area contributed by atoms with E-state index in [4.69, 9.17) is 4.74 Å². The maximum Gasteiger partial charge on any atom is 0.320 e. The average Bonchev–Trinajstić information content (AvgIpc) is 2.63. The number of nitrogens with zero attached hydrogens (tertiary/aromatic N) is 1. The van der Waals surface area contributed by atoms with Crippen LogP contribution >= 0.6 is 0 Å². The molecule has 0 aromatic rings. The van der Waals surface area contributed by atoms with E-state index in [-0.39, 0.29) is 11.6 Å². The standard InChI is InChI=1S/C13H25NO2/c1-5-14(11-8-6-7-9-11)10-12(15)16-13(2,3)4/h11H,5-10H2,1-4H3. The van der Waals surface area contributed by atoms with Crippen molar-refractivity contribution in [2.24, 2.45) is 0 Å². The summed E-state index contributed by atoms with van der Waals surface area (Å²) in [5.41, 5.74) is -0.369. The minimum atomic E-state index is -0.369. The third-order valence-electron chi connectivity index (χ3n) is 3.00. The Labute approximate surface area is 99.1 Å². The number of hydrogen-bond acceptors (Lipinski definition) is 3. The summed E-state index contributed by atoms with van der Waals surface area (Å²) < 4.78 is 5.35. The molecule has 1 aliphatic carbocycles. The molecule has 3 nitrogen and oxygen atoms in total. The molecular weight excluding hydrogens is 202 g/mol. The maximum absolute atomic E-state index is 11.7. The SMILES string of the molecule is CCN(CC(=O)OC(C)(C)C)C1CCCC1. The molecule has 1 fully saturated rings. The minimum absolute atomic E-state index is 0.0961. The molecule has 94 valence electrons. The number of carbonyl (C=O) groups is 1. The molecule has 0 radical (unpaired) electrons. The highest BCUT2D eigenvalue weighted by Gasteiger charge is 2.25. The molecular formula is C13H25NO2. The second-order valence-electron chi connectivity index (χ2n) is 5.59. The van der Waals surface area contributed by atoms with Gasteiger partial charge in [0, 0.05) is 6.04 Å². The van der Waals surface area contributed by atoms with Gasteiger partial charge in [-0.25, -0.2) is 0 Å². The summed E-state index contributed by atoms with van der Waals surface area (Å²) in [6.07, 6.45) is 5.07. The third-order valence-corrected chi connectivity index (χ3v) is 3.00. The zero-order valence-electron chi connectivity index (χ0n) is 11.1. The monoisotopic (exact) mass is 227 g/mol. The Balaban J connectivity index is 2.40. The Morgan fingerprint density at radius 3 is 2.31 bits per heavy atom. The Morgan fingerprint density at radius 1 is 1.31 bits per heavy atom. The van der Waals surface area contributed by atoms with Crippen LogP contribution < -0.4 is 0 Å². The molecule has 0 aliphatic heterocycles. The highest BCUT2D eigenvalue weighted by molar-refractivity contribution is 5.72. The molecule has 0 saturated heterocycles. The topological polar surface area (TPSA) is 29.5 Å². The van der Waals surface area contributed by atoms with Gasteiger partial charge in [0.05, 0.1) is 6.54 Å². The van der Waals surface area contributed by atoms with E-state index in [1.165, 1.54) is 25.7 Å². The number of esters is 1. The van der Waals surface area contributed by atoms with Crippen LogP contribution in [0.15, 0.2) is 0 Å². The summed E-state index contributed by atoms with van der Waals surface area (Å²) in [5, 5.41) is 0. The van der Waals surface area contributed by atoms with Gasteiger partial charge in [0.2, 0.25) is 0 Å². The maximum atomic E-state index is 11.7. The molecule has 0 unspecified atom stereocenters. The molecule has 0 N–H and O–H groups in total. The van der Waals surface area contributed by atoms with Gasteiger partial charge in [0.1, 0.15) is 5.60 Å². The van der Waals surface area contributed by atoms with Crippen LogP contribution in [0.5, 0.6) is 0 Å². The van der Waals surface area contributed by atoms with E-state index in [9.17, 15) is 4.79 Å². The Hall–Kier alpha value is -0.570. The lowest BCUT2D eigenvalue weighted by molar-refractivity contribution is -0.156. The largest absolute Gasteiger partial charge is 0.459 e. The second-order valence-corrected chi connectivity index (χ2v) is 5.59. The quantitative estimate of drug-likeness (QED) is 0.691. The first-order valence-electron chi connectivity index (χ1n) is 6.38. The lowest BCUT2D eigenvalue weighted by Gasteiger charge is -2.28. The molecule has 0 aromatic heterocycles. The van der Waals surface area contributed by atoms with E-state index >= 15 is 0 Å². The van der Waals surface area contributed by atoms with Gasteiger partial charge in [-0.05, 0) is 40.2 Å². The van der Waals surface area contributed by atoms with Gasteiger partial charge in [-0.1, -0.05) is 19.8 Å². The van der Waals surface area contributed by atoms with E-state index < -0.39 is 0 Å². The average molecular weight is 227 g/mol. The summed E-state index contributed by atoms with van der Waals surface area (Å²) in [5.74, 6) is -0.0961. The summed E-state index contributed by atoms with van der Waals surface area (Å²) in [6, 6.07) is 0.595. The number of hydrogen-bond donors (Lipinski definition) is 0.